The minimum absolute atomic E-state index is 0.0152. The van der Waals surface area contributed by atoms with E-state index in [4.69, 9.17) is 14.3 Å². The average molecular weight is 1010 g/mol. The van der Waals surface area contributed by atoms with Gasteiger partial charge in [-0.1, -0.05) is 17.7 Å². The normalized spacial score (nSPS) is 21.0. The van der Waals surface area contributed by atoms with E-state index in [2.05, 4.69) is 0 Å². The minimum atomic E-state index is -4.98. The molecule has 1 saturated heterocycles. The fourth-order valence-electron chi connectivity index (χ4n) is 8.46. The van der Waals surface area contributed by atoms with Gasteiger partial charge in [-0.25, -0.2) is 38.5 Å². The van der Waals surface area contributed by atoms with Crippen molar-refractivity contribution in [3.8, 4) is 0 Å². The molecular formula is C42H50N3O18S4-3. The average Bonchev–Trinajstić information content (AvgIpc) is 3.75. The van der Waals surface area contributed by atoms with Crippen LogP contribution in [0.3, 0.4) is 0 Å². The first kappa shape index (κ1) is 53.3. The molecule has 0 bridgehead atoms. The molecule has 2 aromatic rings. The van der Waals surface area contributed by atoms with E-state index >= 15 is 0 Å². The number of hydroxylamine groups is 2. The fourth-order valence-corrected chi connectivity index (χ4v) is 10.5. The Morgan fingerprint density at radius 1 is 0.791 bits per heavy atom. The first-order chi connectivity index (χ1) is 31.1. The van der Waals surface area contributed by atoms with Crippen LogP contribution in [0.15, 0.2) is 81.8 Å². The third-order valence-corrected chi connectivity index (χ3v) is 15.0. The first-order valence-electron chi connectivity index (χ1n) is 20.8. The lowest BCUT2D eigenvalue weighted by atomic mass is 9.75. The van der Waals surface area contributed by atoms with Gasteiger partial charge in [-0.2, -0.15) is 4.58 Å². The van der Waals surface area contributed by atoms with E-state index in [9.17, 15) is 66.3 Å². The van der Waals surface area contributed by atoms with Gasteiger partial charge in [0.1, 0.15) is 26.8 Å². The molecule has 0 radical (unpaired) electrons. The molecule has 2 unspecified atom stereocenters. The molecule has 3 aliphatic rings. The highest BCUT2D eigenvalue weighted by molar-refractivity contribution is 7.86. The van der Waals surface area contributed by atoms with E-state index in [0.29, 0.717) is 44.5 Å². The second-order valence-electron chi connectivity index (χ2n) is 16.5. The van der Waals surface area contributed by atoms with Gasteiger partial charge in [-0.05, 0) is 88.4 Å². The molecule has 3 heterocycles. The maximum atomic E-state index is 12.4. The number of methoxy groups -OCH3 is 1. The van der Waals surface area contributed by atoms with Crippen LogP contribution >= 0.6 is 0 Å². The SMILES string of the molecule is COCCN1C(=CC=C(C)C=CC2=[N+](CCOCCC(=O)ON3C(=O)CCC3=O)c3ccc(S(=O)(=O)[O-])cc3C2(C)CCCS(=O)(=O)[O-])C(C)(CCCS(=O)(=O)[O-])c2cc(S(=O)(=O)[O-])ccc21. The second-order valence-corrected chi connectivity index (χ2v) is 22.4. The summed E-state index contributed by atoms with van der Waals surface area (Å²) in [5.74, 6) is -3.66. The number of imide groups is 1. The zero-order valence-corrected chi connectivity index (χ0v) is 40.3. The number of carbonyl (C=O) groups is 3. The molecule has 21 nitrogen and oxygen atoms in total. The summed E-state index contributed by atoms with van der Waals surface area (Å²) in [6.07, 6.45) is 6.03. The van der Waals surface area contributed by atoms with Crippen molar-refractivity contribution >= 4 is 75.3 Å². The summed E-state index contributed by atoms with van der Waals surface area (Å²) in [6.45, 7) is 5.35. The highest BCUT2D eigenvalue weighted by atomic mass is 32.2. The van der Waals surface area contributed by atoms with E-state index in [1.807, 2.05) is 4.90 Å². The predicted molar refractivity (Wildman–Crippen MR) is 234 cm³/mol. The topological polar surface area (TPSA) is 317 Å². The number of hydrogen-bond acceptors (Lipinski definition) is 19. The Hall–Kier alpha value is -4.70. The molecule has 67 heavy (non-hydrogen) atoms. The van der Waals surface area contributed by atoms with Gasteiger partial charge < -0.3 is 37.4 Å². The third-order valence-electron chi connectivity index (χ3n) is 11.8. The summed E-state index contributed by atoms with van der Waals surface area (Å²) in [5, 5.41) is 0.411. The number of ether oxygens (including phenoxy) is 2. The molecule has 368 valence electrons. The van der Waals surface area contributed by atoms with Crippen LogP contribution in [-0.2, 0) is 80.0 Å². The molecule has 3 aliphatic heterocycles. The Morgan fingerprint density at radius 3 is 1.93 bits per heavy atom. The molecule has 5 rings (SSSR count). The number of carbonyl (C=O) groups excluding carboxylic acids is 3. The zero-order chi connectivity index (χ0) is 49.8. The van der Waals surface area contributed by atoms with Crippen LogP contribution in [0.25, 0.3) is 0 Å². The molecule has 0 saturated carbocycles. The Morgan fingerprint density at radius 2 is 1.36 bits per heavy atom. The number of benzene rings is 2. The number of anilines is 1. The summed E-state index contributed by atoms with van der Waals surface area (Å²) in [4.78, 5) is 41.7. The largest absolute Gasteiger partial charge is 0.748 e. The van der Waals surface area contributed by atoms with Crippen molar-refractivity contribution in [3.63, 3.8) is 0 Å². The van der Waals surface area contributed by atoms with Gasteiger partial charge in [0.15, 0.2) is 12.3 Å². The van der Waals surface area contributed by atoms with Crippen LogP contribution in [0.4, 0.5) is 11.4 Å². The maximum Gasteiger partial charge on any atom is 0.335 e. The van der Waals surface area contributed by atoms with Gasteiger partial charge in [0.25, 0.3) is 11.8 Å². The number of rotatable bonds is 23. The van der Waals surface area contributed by atoms with E-state index < -0.39 is 90.4 Å². The molecule has 0 aliphatic carbocycles. The van der Waals surface area contributed by atoms with Crippen LogP contribution in [0.2, 0.25) is 0 Å². The Bertz CT molecular complexity index is 2860. The summed E-state index contributed by atoms with van der Waals surface area (Å²) in [6, 6.07) is 7.59. The van der Waals surface area contributed by atoms with Crippen LogP contribution in [0.1, 0.15) is 76.8 Å². The van der Waals surface area contributed by atoms with Crippen molar-refractivity contribution in [1.82, 2.24) is 5.06 Å². The van der Waals surface area contributed by atoms with Crippen molar-refractivity contribution in [2.45, 2.75) is 86.3 Å². The molecule has 2 amide bonds. The van der Waals surface area contributed by atoms with Gasteiger partial charge >= 0.3 is 5.97 Å². The Balaban J connectivity index is 1.55. The van der Waals surface area contributed by atoms with Crippen LogP contribution < -0.4 is 4.90 Å². The predicted octanol–water partition coefficient (Wildman–Crippen LogP) is 2.33. The van der Waals surface area contributed by atoms with Crippen LogP contribution in [0.5, 0.6) is 0 Å². The smallest absolute Gasteiger partial charge is 0.335 e. The first-order valence-corrected chi connectivity index (χ1v) is 26.8. The fraction of sp³-hybridized carbons (Fsp3) is 0.476. The summed E-state index contributed by atoms with van der Waals surface area (Å²) >= 11 is 0. The molecule has 1 fully saturated rings. The quantitative estimate of drug-likeness (QED) is 0.0507. The maximum absolute atomic E-state index is 12.4. The van der Waals surface area contributed by atoms with Crippen LogP contribution in [0, 0.1) is 0 Å². The number of fused-ring (bicyclic) bond motifs is 2. The minimum Gasteiger partial charge on any atom is -0.748 e. The van der Waals surface area contributed by atoms with Crippen LogP contribution in [-0.4, -0.2) is 137 Å². The molecule has 0 N–H and O–H groups in total. The molecular weight excluding hydrogens is 963 g/mol. The van der Waals surface area contributed by atoms with Crippen molar-refractivity contribution in [2.24, 2.45) is 0 Å². The van der Waals surface area contributed by atoms with Gasteiger partial charge in [0.2, 0.25) is 5.69 Å². The van der Waals surface area contributed by atoms with Crippen molar-refractivity contribution in [1.29, 1.82) is 0 Å². The molecule has 0 spiro atoms. The molecule has 25 heteroatoms. The second kappa shape index (κ2) is 20.9. The lowest BCUT2D eigenvalue weighted by Gasteiger charge is -2.30. The molecule has 0 aromatic heterocycles. The zero-order valence-electron chi connectivity index (χ0n) is 37.0. The molecule has 2 aromatic carbocycles. The summed E-state index contributed by atoms with van der Waals surface area (Å²) in [7, 11) is -17.7. The standard InChI is InChI=1S/C42H53N3O18S4/c1-29(7-13-36-41(2,18-5-25-64(49,50)51)32-27-30(66(55,56)57)9-11-34(32)43(36)20-23-61-4)8-14-37-42(3,19-6-26-65(52,53)54)33-28-31(67(58,59)60)10-12-35(33)44(37)21-24-62-22-17-40(48)63-45-38(46)15-16-39(45)47/h7-14,27-28H,5-6,15-26H2,1-4H3,(H3-,49,50,51,52,53,54,55,56,57,58,59,60)/p-3. The third kappa shape index (κ3) is 13.1. The van der Waals surface area contributed by atoms with E-state index in [0.717, 1.165) is 6.07 Å². The monoisotopic (exact) mass is 1010 g/mol. The highest BCUT2D eigenvalue weighted by Gasteiger charge is 2.48. The number of hydrogen-bond donors (Lipinski definition) is 0. The van der Waals surface area contributed by atoms with Gasteiger partial charge in [-0.15, -0.1) is 5.06 Å². The Kier molecular flexibility index (Phi) is 16.6. The molecule has 2 atom stereocenters. The number of nitrogens with zero attached hydrogens (tertiary/aromatic N) is 3. The van der Waals surface area contributed by atoms with E-state index in [1.165, 1.54) is 37.4 Å². The number of allylic oxidation sites excluding steroid dienone is 6. The van der Waals surface area contributed by atoms with Gasteiger partial charge in [0, 0.05) is 72.5 Å². The highest BCUT2D eigenvalue weighted by Crippen LogP contribution is 2.51. The number of amides is 2. The van der Waals surface area contributed by atoms with Gasteiger partial charge in [-0.3, -0.25) is 9.59 Å². The van der Waals surface area contributed by atoms with Crippen molar-refractivity contribution in [2.75, 3.05) is 56.4 Å². The van der Waals surface area contributed by atoms with Crippen molar-refractivity contribution in [3.05, 3.63) is 83.1 Å². The summed E-state index contributed by atoms with van der Waals surface area (Å²) < 4.78 is 156. The van der Waals surface area contributed by atoms with Crippen molar-refractivity contribution < 1.29 is 85.2 Å². The lowest BCUT2D eigenvalue weighted by Crippen LogP contribution is -2.33. The summed E-state index contributed by atoms with van der Waals surface area (Å²) in [5.41, 5.74) is 0.898. The lowest BCUT2D eigenvalue weighted by molar-refractivity contribution is -0.442. The Labute approximate surface area is 389 Å². The van der Waals surface area contributed by atoms with E-state index in [-0.39, 0.29) is 77.9 Å². The van der Waals surface area contributed by atoms with Gasteiger partial charge in [0.05, 0.1) is 55.1 Å². The van der Waals surface area contributed by atoms with E-state index in [1.54, 1.807) is 49.7 Å².